The summed E-state index contributed by atoms with van der Waals surface area (Å²) in [6.45, 7) is 2.47. The SMILES string of the molecule is COc1ccc(CCC(=O)NCCC(C)N)cc1F.Cl. The van der Waals surface area contributed by atoms with Gasteiger partial charge in [0.05, 0.1) is 7.11 Å². The number of hydrogen-bond acceptors (Lipinski definition) is 3. The average Bonchev–Trinajstić information content (AvgIpc) is 2.36. The Morgan fingerprint density at radius 2 is 2.20 bits per heavy atom. The molecule has 1 atom stereocenters. The molecule has 114 valence electrons. The first-order valence-corrected chi connectivity index (χ1v) is 6.37. The molecule has 20 heavy (non-hydrogen) atoms. The van der Waals surface area contributed by atoms with Crippen molar-refractivity contribution in [2.24, 2.45) is 5.73 Å². The van der Waals surface area contributed by atoms with Crippen LogP contribution in [0.5, 0.6) is 5.75 Å². The van der Waals surface area contributed by atoms with E-state index < -0.39 is 5.82 Å². The van der Waals surface area contributed by atoms with Gasteiger partial charge in [-0.25, -0.2) is 4.39 Å². The largest absolute Gasteiger partial charge is 0.494 e. The summed E-state index contributed by atoms with van der Waals surface area (Å²) in [5, 5.41) is 2.78. The molecule has 0 aliphatic rings. The van der Waals surface area contributed by atoms with Crippen LogP contribution in [-0.4, -0.2) is 25.6 Å². The van der Waals surface area contributed by atoms with E-state index in [0.29, 0.717) is 19.4 Å². The number of carbonyl (C=O) groups is 1. The van der Waals surface area contributed by atoms with E-state index in [4.69, 9.17) is 10.5 Å². The summed E-state index contributed by atoms with van der Waals surface area (Å²) < 4.78 is 18.3. The van der Waals surface area contributed by atoms with E-state index in [-0.39, 0.29) is 30.1 Å². The molecule has 3 N–H and O–H groups in total. The molecule has 0 bridgehead atoms. The molecule has 1 aromatic rings. The minimum absolute atomic E-state index is 0. The average molecular weight is 305 g/mol. The predicted molar refractivity (Wildman–Crippen MR) is 79.8 cm³/mol. The second-order valence-electron chi connectivity index (χ2n) is 4.58. The topological polar surface area (TPSA) is 64.3 Å². The Kier molecular flexibility index (Phi) is 8.92. The van der Waals surface area contributed by atoms with Gasteiger partial charge in [-0.3, -0.25) is 4.79 Å². The van der Waals surface area contributed by atoms with Crippen molar-refractivity contribution in [3.63, 3.8) is 0 Å². The van der Waals surface area contributed by atoms with Crippen molar-refractivity contribution in [3.05, 3.63) is 29.6 Å². The number of ether oxygens (including phenoxy) is 1. The maximum atomic E-state index is 13.4. The molecule has 0 heterocycles. The Bertz CT molecular complexity index is 428. The Labute approximate surface area is 125 Å². The minimum atomic E-state index is -0.405. The van der Waals surface area contributed by atoms with Gasteiger partial charge >= 0.3 is 0 Å². The van der Waals surface area contributed by atoms with E-state index in [0.717, 1.165) is 12.0 Å². The Hall–Kier alpha value is -1.33. The van der Waals surface area contributed by atoms with Crippen LogP contribution >= 0.6 is 12.4 Å². The number of carbonyl (C=O) groups excluding carboxylic acids is 1. The summed E-state index contributed by atoms with van der Waals surface area (Å²) in [5.74, 6) is -0.237. The number of rotatable bonds is 7. The lowest BCUT2D eigenvalue weighted by molar-refractivity contribution is -0.121. The third-order valence-electron chi connectivity index (χ3n) is 2.78. The molecule has 1 aromatic carbocycles. The fourth-order valence-electron chi connectivity index (χ4n) is 1.65. The Morgan fingerprint density at radius 1 is 1.50 bits per heavy atom. The van der Waals surface area contributed by atoms with Gasteiger partial charge in [0.2, 0.25) is 5.91 Å². The van der Waals surface area contributed by atoms with Crippen LogP contribution in [0.4, 0.5) is 4.39 Å². The molecular formula is C14H22ClFN2O2. The molecule has 0 saturated heterocycles. The summed E-state index contributed by atoms with van der Waals surface area (Å²) in [4.78, 5) is 11.5. The molecule has 1 unspecified atom stereocenters. The monoisotopic (exact) mass is 304 g/mol. The van der Waals surface area contributed by atoms with Crippen molar-refractivity contribution in [3.8, 4) is 5.75 Å². The highest BCUT2D eigenvalue weighted by atomic mass is 35.5. The van der Waals surface area contributed by atoms with Gasteiger partial charge < -0.3 is 15.8 Å². The van der Waals surface area contributed by atoms with Crippen LogP contribution in [0.2, 0.25) is 0 Å². The second-order valence-corrected chi connectivity index (χ2v) is 4.58. The summed E-state index contributed by atoms with van der Waals surface area (Å²) in [7, 11) is 1.42. The van der Waals surface area contributed by atoms with Crippen LogP contribution in [0, 0.1) is 5.82 Å². The number of methoxy groups -OCH3 is 1. The lowest BCUT2D eigenvalue weighted by Gasteiger charge is -2.08. The zero-order valence-electron chi connectivity index (χ0n) is 11.8. The van der Waals surface area contributed by atoms with Crippen LogP contribution in [0.25, 0.3) is 0 Å². The van der Waals surface area contributed by atoms with E-state index in [1.54, 1.807) is 12.1 Å². The van der Waals surface area contributed by atoms with Gasteiger partial charge in [0.15, 0.2) is 11.6 Å². The van der Waals surface area contributed by atoms with Crippen molar-refractivity contribution in [2.75, 3.05) is 13.7 Å². The molecule has 0 aromatic heterocycles. The van der Waals surface area contributed by atoms with E-state index in [2.05, 4.69) is 5.32 Å². The van der Waals surface area contributed by atoms with E-state index in [9.17, 15) is 9.18 Å². The first kappa shape index (κ1) is 18.7. The smallest absolute Gasteiger partial charge is 0.220 e. The predicted octanol–water partition coefficient (Wildman–Crippen LogP) is 2.04. The van der Waals surface area contributed by atoms with Crippen LogP contribution in [0.15, 0.2) is 18.2 Å². The molecule has 4 nitrogen and oxygen atoms in total. The molecule has 0 radical (unpaired) electrons. The molecule has 1 rings (SSSR count). The fourth-order valence-corrected chi connectivity index (χ4v) is 1.65. The van der Waals surface area contributed by atoms with Crippen LogP contribution < -0.4 is 15.8 Å². The number of benzene rings is 1. The Balaban J connectivity index is 0.00000361. The number of amides is 1. The summed E-state index contributed by atoms with van der Waals surface area (Å²) in [5.41, 5.74) is 6.36. The highest BCUT2D eigenvalue weighted by Gasteiger charge is 2.06. The molecule has 0 aliphatic carbocycles. The first-order valence-electron chi connectivity index (χ1n) is 6.37. The quantitative estimate of drug-likeness (QED) is 0.810. The van der Waals surface area contributed by atoms with Gasteiger partial charge in [0.1, 0.15) is 0 Å². The first-order chi connectivity index (χ1) is 9.02. The third kappa shape index (κ3) is 6.73. The third-order valence-corrected chi connectivity index (χ3v) is 2.78. The number of hydrogen-bond donors (Lipinski definition) is 2. The van der Waals surface area contributed by atoms with Gasteiger partial charge in [-0.05, 0) is 37.5 Å². The normalized spacial score (nSPS) is 11.4. The van der Waals surface area contributed by atoms with Crippen LogP contribution in [0.1, 0.15) is 25.3 Å². The van der Waals surface area contributed by atoms with Crippen molar-refractivity contribution in [1.29, 1.82) is 0 Å². The standard InChI is InChI=1S/C14H21FN2O2.ClH/c1-10(16)7-8-17-14(18)6-4-11-3-5-13(19-2)12(15)9-11;/h3,5,9-10H,4,6-8,16H2,1-2H3,(H,17,18);1H. The van der Waals surface area contributed by atoms with Crippen molar-refractivity contribution >= 4 is 18.3 Å². The zero-order chi connectivity index (χ0) is 14.3. The molecular weight excluding hydrogens is 283 g/mol. The van der Waals surface area contributed by atoms with Gasteiger partial charge in [-0.15, -0.1) is 12.4 Å². The zero-order valence-corrected chi connectivity index (χ0v) is 12.6. The molecule has 0 spiro atoms. The maximum absolute atomic E-state index is 13.4. The molecule has 6 heteroatoms. The number of nitrogens with two attached hydrogens (primary N) is 1. The van der Waals surface area contributed by atoms with Gasteiger partial charge in [0.25, 0.3) is 0 Å². The van der Waals surface area contributed by atoms with Crippen LogP contribution in [0.3, 0.4) is 0 Å². The van der Waals surface area contributed by atoms with Gasteiger partial charge in [0, 0.05) is 19.0 Å². The highest BCUT2D eigenvalue weighted by molar-refractivity contribution is 5.85. The van der Waals surface area contributed by atoms with Crippen LogP contribution in [-0.2, 0) is 11.2 Å². The lowest BCUT2D eigenvalue weighted by Crippen LogP contribution is -2.29. The maximum Gasteiger partial charge on any atom is 0.220 e. The Morgan fingerprint density at radius 3 is 2.75 bits per heavy atom. The summed E-state index contributed by atoms with van der Waals surface area (Å²) >= 11 is 0. The van der Waals surface area contributed by atoms with Crippen molar-refractivity contribution < 1.29 is 13.9 Å². The number of aryl methyl sites for hydroxylation is 1. The number of halogens is 2. The van der Waals surface area contributed by atoms with Gasteiger partial charge in [-0.2, -0.15) is 0 Å². The van der Waals surface area contributed by atoms with E-state index >= 15 is 0 Å². The highest BCUT2D eigenvalue weighted by Crippen LogP contribution is 2.18. The fraction of sp³-hybridized carbons (Fsp3) is 0.500. The second kappa shape index (κ2) is 9.55. The van der Waals surface area contributed by atoms with Crippen molar-refractivity contribution in [1.82, 2.24) is 5.32 Å². The van der Waals surface area contributed by atoms with E-state index in [1.165, 1.54) is 13.2 Å². The lowest BCUT2D eigenvalue weighted by atomic mass is 10.1. The molecule has 0 fully saturated rings. The minimum Gasteiger partial charge on any atom is -0.494 e. The number of nitrogens with one attached hydrogen (secondary N) is 1. The molecule has 0 aliphatic heterocycles. The van der Waals surface area contributed by atoms with Crippen molar-refractivity contribution in [2.45, 2.75) is 32.2 Å². The van der Waals surface area contributed by atoms with Gasteiger partial charge in [-0.1, -0.05) is 6.07 Å². The molecule has 1 amide bonds. The summed E-state index contributed by atoms with van der Waals surface area (Å²) in [6.07, 6.45) is 1.60. The van der Waals surface area contributed by atoms with E-state index in [1.807, 2.05) is 6.92 Å². The summed E-state index contributed by atoms with van der Waals surface area (Å²) in [6, 6.07) is 4.81. The molecule has 0 saturated carbocycles.